The van der Waals surface area contributed by atoms with Gasteiger partial charge in [0.15, 0.2) is 0 Å². The summed E-state index contributed by atoms with van der Waals surface area (Å²) >= 11 is 3.07. The van der Waals surface area contributed by atoms with Gasteiger partial charge in [0.2, 0.25) is 0 Å². The molecule has 0 atom stereocenters. The Bertz CT molecular complexity index is 1190. The maximum atomic E-state index is 13.0. The Morgan fingerprint density at radius 1 is 0.875 bits per heavy atom. The monoisotopic (exact) mass is 491 g/mol. The molecule has 0 aliphatic carbocycles. The Balaban J connectivity index is 1.23. The van der Waals surface area contributed by atoms with Gasteiger partial charge in [-0.3, -0.25) is 4.79 Å². The number of benzene rings is 1. The molecule has 5 rings (SSSR count). The Morgan fingerprint density at radius 3 is 2.22 bits per heavy atom. The van der Waals surface area contributed by atoms with Gasteiger partial charge < -0.3 is 9.80 Å². The van der Waals surface area contributed by atoms with E-state index in [9.17, 15) is 13.2 Å². The van der Waals surface area contributed by atoms with Crippen LogP contribution in [0.3, 0.4) is 0 Å². The number of amides is 1. The number of aromatic nitrogens is 1. The second kappa shape index (κ2) is 8.81. The molecule has 0 saturated carbocycles. The fourth-order valence-corrected chi connectivity index (χ4v) is 7.58. The molecule has 0 spiro atoms. The van der Waals surface area contributed by atoms with Gasteiger partial charge in [0.1, 0.15) is 5.01 Å². The van der Waals surface area contributed by atoms with Gasteiger partial charge in [0.05, 0.1) is 20.0 Å². The summed E-state index contributed by atoms with van der Waals surface area (Å²) in [5, 5.41) is 0.915. The number of nitrogens with zero attached hydrogens (tertiary/aromatic N) is 5. The predicted octanol–water partition coefficient (Wildman–Crippen LogP) is 2.27. The number of para-hydroxylation sites is 1. The molecule has 4 heterocycles. The lowest BCUT2D eigenvalue weighted by Crippen LogP contribution is -2.57. The van der Waals surface area contributed by atoms with Gasteiger partial charge in [-0.1, -0.05) is 12.1 Å². The Kier molecular flexibility index (Phi) is 6.03. The molecule has 32 heavy (non-hydrogen) atoms. The molecule has 1 amide bonds. The van der Waals surface area contributed by atoms with Gasteiger partial charge in [0.25, 0.3) is 16.1 Å². The van der Waals surface area contributed by atoms with Crippen molar-refractivity contribution in [3.63, 3.8) is 0 Å². The Labute approximate surface area is 195 Å². The van der Waals surface area contributed by atoms with E-state index in [1.165, 1.54) is 15.6 Å². The lowest BCUT2D eigenvalue weighted by atomic mass is 10.3. The summed E-state index contributed by atoms with van der Waals surface area (Å²) in [6, 6.07) is 11.8. The number of hydrogen-bond acceptors (Lipinski definition) is 7. The third kappa shape index (κ3) is 4.20. The minimum Gasteiger partial charge on any atom is -0.335 e. The van der Waals surface area contributed by atoms with E-state index in [4.69, 9.17) is 0 Å². The SMILES string of the molecule is CN1CCN(S(=O)(=O)N2CCN(C(=O)c3ccc(-c4nc5ccccc5s4)s3)CC2)CC1. The van der Waals surface area contributed by atoms with Crippen LogP contribution in [0.1, 0.15) is 9.67 Å². The molecule has 0 radical (unpaired) electrons. The van der Waals surface area contributed by atoms with Gasteiger partial charge in [-0.2, -0.15) is 17.0 Å². The van der Waals surface area contributed by atoms with E-state index in [-0.39, 0.29) is 5.91 Å². The molecule has 8 nitrogen and oxygen atoms in total. The highest BCUT2D eigenvalue weighted by Crippen LogP contribution is 2.34. The van der Waals surface area contributed by atoms with Crippen LogP contribution in [0.2, 0.25) is 0 Å². The van der Waals surface area contributed by atoms with Crippen molar-refractivity contribution >= 4 is 49.0 Å². The van der Waals surface area contributed by atoms with Crippen LogP contribution in [0.25, 0.3) is 20.1 Å². The minimum atomic E-state index is -3.47. The summed E-state index contributed by atoms with van der Waals surface area (Å²) in [6.07, 6.45) is 0. The molecule has 2 aromatic heterocycles. The summed E-state index contributed by atoms with van der Waals surface area (Å²) in [6.45, 7) is 3.98. The van der Waals surface area contributed by atoms with Crippen molar-refractivity contribution in [3.05, 3.63) is 41.3 Å². The first kappa shape index (κ1) is 21.9. The summed E-state index contributed by atoms with van der Waals surface area (Å²) in [5.74, 6) is -0.0426. The van der Waals surface area contributed by atoms with Gasteiger partial charge in [-0.15, -0.1) is 22.7 Å². The van der Waals surface area contributed by atoms with Crippen LogP contribution in [0, 0.1) is 0 Å². The maximum absolute atomic E-state index is 13.0. The first-order chi connectivity index (χ1) is 15.4. The number of hydrogen-bond donors (Lipinski definition) is 0. The molecule has 2 fully saturated rings. The molecule has 2 aliphatic rings. The average Bonchev–Trinajstić information content (AvgIpc) is 3.46. The fraction of sp³-hybridized carbons (Fsp3) is 0.429. The van der Waals surface area contributed by atoms with Crippen molar-refractivity contribution in [1.29, 1.82) is 0 Å². The molecule has 0 N–H and O–H groups in total. The van der Waals surface area contributed by atoms with Gasteiger partial charge >= 0.3 is 0 Å². The fourth-order valence-electron chi connectivity index (χ4n) is 4.01. The van der Waals surface area contributed by atoms with Crippen LogP contribution < -0.4 is 0 Å². The van der Waals surface area contributed by atoms with Gasteiger partial charge in [-0.25, -0.2) is 4.98 Å². The summed E-state index contributed by atoms with van der Waals surface area (Å²) in [4.78, 5) is 23.2. The normalized spacial score (nSPS) is 19.6. The van der Waals surface area contributed by atoms with Crippen LogP contribution >= 0.6 is 22.7 Å². The zero-order valence-corrected chi connectivity index (χ0v) is 20.3. The first-order valence-electron chi connectivity index (χ1n) is 10.6. The smallest absolute Gasteiger partial charge is 0.282 e. The van der Waals surface area contributed by atoms with Crippen molar-refractivity contribution in [2.75, 3.05) is 59.4 Å². The molecule has 11 heteroatoms. The third-order valence-corrected chi connectivity index (χ3v) is 10.3. The highest BCUT2D eigenvalue weighted by Gasteiger charge is 2.35. The molecular weight excluding hydrogens is 466 g/mol. The number of piperazine rings is 2. The lowest BCUT2D eigenvalue weighted by molar-refractivity contribution is 0.0697. The molecular formula is C21H25N5O3S3. The second-order valence-corrected chi connectivity index (χ2v) is 12.1. The van der Waals surface area contributed by atoms with Crippen molar-refractivity contribution in [1.82, 2.24) is 23.4 Å². The first-order valence-corrected chi connectivity index (χ1v) is 13.6. The number of thiophene rings is 1. The molecule has 0 unspecified atom stereocenters. The predicted molar refractivity (Wildman–Crippen MR) is 128 cm³/mol. The molecule has 2 saturated heterocycles. The number of fused-ring (bicyclic) bond motifs is 1. The Hall–Kier alpha value is -1.89. The van der Waals surface area contributed by atoms with Crippen LogP contribution in [0.4, 0.5) is 0 Å². The minimum absolute atomic E-state index is 0.0426. The van der Waals surface area contributed by atoms with E-state index in [0.717, 1.165) is 33.2 Å². The van der Waals surface area contributed by atoms with Crippen molar-refractivity contribution in [2.45, 2.75) is 0 Å². The third-order valence-electron chi connectivity index (χ3n) is 5.96. The lowest BCUT2D eigenvalue weighted by Gasteiger charge is -2.39. The number of rotatable bonds is 4. The highest BCUT2D eigenvalue weighted by molar-refractivity contribution is 7.86. The average molecular weight is 492 g/mol. The number of carbonyl (C=O) groups excluding carboxylic acids is 1. The van der Waals surface area contributed by atoms with E-state index in [1.807, 2.05) is 43.4 Å². The second-order valence-electron chi connectivity index (χ2n) is 8.05. The molecule has 1 aromatic carbocycles. The number of thiazole rings is 1. The van der Waals surface area contributed by atoms with Crippen molar-refractivity contribution < 1.29 is 13.2 Å². The van der Waals surface area contributed by atoms with Crippen LogP contribution in [-0.2, 0) is 10.2 Å². The maximum Gasteiger partial charge on any atom is 0.282 e. The molecule has 2 aliphatic heterocycles. The highest BCUT2D eigenvalue weighted by atomic mass is 32.2. The zero-order valence-electron chi connectivity index (χ0n) is 17.8. The standard InChI is InChI=1S/C21H25N5O3S3/c1-23-8-12-25(13-9-23)32(28,29)26-14-10-24(11-15-26)21(27)19-7-6-18(30-19)20-22-16-4-2-3-5-17(16)31-20/h2-7H,8-15H2,1H3. The van der Waals surface area contributed by atoms with E-state index in [1.54, 1.807) is 20.5 Å². The van der Waals surface area contributed by atoms with E-state index in [0.29, 0.717) is 44.1 Å². The van der Waals surface area contributed by atoms with Crippen LogP contribution in [0.5, 0.6) is 0 Å². The molecule has 170 valence electrons. The Morgan fingerprint density at radius 2 is 1.53 bits per heavy atom. The van der Waals surface area contributed by atoms with Gasteiger partial charge in [0, 0.05) is 52.4 Å². The number of likely N-dealkylation sites (N-methyl/N-ethyl adjacent to an activating group) is 1. The number of carbonyl (C=O) groups is 1. The van der Waals surface area contributed by atoms with E-state index in [2.05, 4.69) is 9.88 Å². The van der Waals surface area contributed by atoms with E-state index < -0.39 is 10.2 Å². The van der Waals surface area contributed by atoms with Crippen molar-refractivity contribution in [2.24, 2.45) is 0 Å². The topological polar surface area (TPSA) is 77.1 Å². The van der Waals surface area contributed by atoms with Crippen LogP contribution in [-0.4, -0.2) is 97.1 Å². The molecule has 0 bridgehead atoms. The largest absolute Gasteiger partial charge is 0.335 e. The molecule has 3 aromatic rings. The summed E-state index contributed by atoms with van der Waals surface area (Å²) in [5.41, 5.74) is 0.964. The van der Waals surface area contributed by atoms with Crippen molar-refractivity contribution in [3.8, 4) is 9.88 Å². The zero-order chi connectivity index (χ0) is 22.3. The van der Waals surface area contributed by atoms with Gasteiger partial charge in [-0.05, 0) is 31.3 Å². The summed E-state index contributed by atoms with van der Waals surface area (Å²) < 4.78 is 30.1. The van der Waals surface area contributed by atoms with Crippen LogP contribution in [0.15, 0.2) is 36.4 Å². The quantitative estimate of drug-likeness (QED) is 0.560. The summed E-state index contributed by atoms with van der Waals surface area (Å²) in [7, 11) is -1.47. The van der Waals surface area contributed by atoms with E-state index >= 15 is 0 Å².